The zero-order chi connectivity index (χ0) is 11.8. The van der Waals surface area contributed by atoms with Gasteiger partial charge in [-0.2, -0.15) is 0 Å². The van der Waals surface area contributed by atoms with Gasteiger partial charge in [0.05, 0.1) is 5.56 Å². The maximum absolute atomic E-state index is 10.4. The number of nitrogens with two attached hydrogens (primary N) is 1. The van der Waals surface area contributed by atoms with Crippen LogP contribution in [0.1, 0.15) is 22.8 Å². The molecule has 82 valence electrons. The van der Waals surface area contributed by atoms with Gasteiger partial charge in [0.1, 0.15) is 0 Å². The summed E-state index contributed by atoms with van der Waals surface area (Å²) in [4.78, 5) is 19.3. The van der Waals surface area contributed by atoms with Gasteiger partial charge in [-0.1, -0.05) is 12.1 Å². The fraction of sp³-hybridized carbons (Fsp3) is 0.200. The van der Waals surface area contributed by atoms with Crippen molar-refractivity contribution in [1.82, 2.24) is 0 Å². The Morgan fingerprint density at radius 2 is 1.69 bits per heavy atom. The molecule has 0 atom stereocenters. The van der Waals surface area contributed by atoms with E-state index in [9.17, 15) is 4.79 Å². The average Bonchev–Trinajstić information content (AvgIpc) is 2.17. The first kappa shape index (κ1) is 17.5. The minimum Gasteiger partial charge on any atom is -0.550 e. The van der Waals surface area contributed by atoms with Crippen molar-refractivity contribution in [3.8, 4) is 0 Å². The van der Waals surface area contributed by atoms with Crippen molar-refractivity contribution in [3.05, 3.63) is 35.4 Å². The summed E-state index contributed by atoms with van der Waals surface area (Å²) in [5.74, 6) is -1.99. The predicted molar refractivity (Wildman–Crippen MR) is 52.0 cm³/mol. The monoisotopic (exact) mass is 233 g/mol. The second kappa shape index (κ2) is 9.35. The van der Waals surface area contributed by atoms with Gasteiger partial charge in [0.2, 0.25) is 0 Å². The molecule has 0 aromatic heterocycles. The predicted octanol–water partition coefficient (Wildman–Crippen LogP) is -3.40. The van der Waals surface area contributed by atoms with Crippen LogP contribution in [0.15, 0.2) is 24.3 Å². The van der Waals surface area contributed by atoms with Gasteiger partial charge < -0.3 is 20.7 Å². The number of benzene rings is 1. The quantitative estimate of drug-likeness (QED) is 0.518. The number of carboxylic acids is 2. The van der Waals surface area contributed by atoms with Crippen LogP contribution < -0.4 is 40.4 Å². The van der Waals surface area contributed by atoms with Crippen LogP contribution in [0.4, 0.5) is 0 Å². The molecule has 0 fully saturated rings. The molecule has 0 bridgehead atoms. The summed E-state index contributed by atoms with van der Waals surface area (Å²) in [7, 11) is 0. The summed E-state index contributed by atoms with van der Waals surface area (Å²) in [6.07, 6.45) is 0. The van der Waals surface area contributed by atoms with Crippen molar-refractivity contribution in [3.63, 3.8) is 0 Å². The minimum atomic E-state index is -1.08. The van der Waals surface area contributed by atoms with Gasteiger partial charge in [-0.05, 0) is 24.6 Å². The van der Waals surface area contributed by atoms with Gasteiger partial charge in [-0.3, -0.25) is 0 Å². The van der Waals surface area contributed by atoms with Crippen LogP contribution in [0.25, 0.3) is 0 Å². The topological polar surface area (TPSA) is 103 Å². The average molecular weight is 233 g/mol. The number of carboxylic acid groups (broad SMARTS) is 2. The van der Waals surface area contributed by atoms with E-state index in [1.165, 1.54) is 0 Å². The van der Waals surface area contributed by atoms with E-state index in [4.69, 9.17) is 20.7 Å². The number of hydrogen-bond donors (Lipinski definition) is 2. The van der Waals surface area contributed by atoms with Crippen LogP contribution in [0.2, 0.25) is 0 Å². The van der Waals surface area contributed by atoms with Crippen molar-refractivity contribution in [1.29, 1.82) is 0 Å². The molecule has 0 amide bonds. The van der Waals surface area contributed by atoms with Gasteiger partial charge in [-0.15, -0.1) is 0 Å². The molecule has 3 N–H and O–H groups in total. The number of hydrogen-bond acceptors (Lipinski definition) is 4. The third-order valence-electron chi connectivity index (χ3n) is 1.44. The fourth-order valence-electron chi connectivity index (χ4n) is 0.783. The molecule has 0 aliphatic carbocycles. The number of carbonyl (C=O) groups is 2. The molecular weight excluding hydrogens is 221 g/mol. The van der Waals surface area contributed by atoms with Crippen LogP contribution in [0.3, 0.4) is 0 Å². The van der Waals surface area contributed by atoms with E-state index in [0.29, 0.717) is 12.1 Å². The molecule has 1 aromatic rings. The molecule has 0 heterocycles. The van der Waals surface area contributed by atoms with E-state index < -0.39 is 11.9 Å². The Kier molecular flexibility index (Phi) is 10.2. The van der Waals surface area contributed by atoms with Crippen LogP contribution in [-0.2, 0) is 11.3 Å². The molecule has 0 unspecified atom stereocenters. The molecule has 5 nitrogen and oxygen atoms in total. The molecule has 0 radical (unpaired) electrons. The standard InChI is InChI=1S/C8H9NO2.C2H4O2.Na/c9-5-6-1-3-7(4-2-6)8(10)11;1-2(3)4;/h1-4H,5,9H2,(H,10,11);1H3,(H,3,4);/q;;+1/p-1. The van der Waals surface area contributed by atoms with E-state index in [-0.39, 0.29) is 29.6 Å². The van der Waals surface area contributed by atoms with Crippen molar-refractivity contribution in [2.45, 2.75) is 13.5 Å². The van der Waals surface area contributed by atoms with E-state index in [0.717, 1.165) is 12.5 Å². The normalized spacial score (nSPS) is 8.12. The number of aliphatic carboxylic acids is 1. The first-order valence-corrected chi connectivity index (χ1v) is 4.17. The Morgan fingerprint density at radius 3 is 1.94 bits per heavy atom. The van der Waals surface area contributed by atoms with Crippen LogP contribution in [-0.4, -0.2) is 17.0 Å². The van der Waals surface area contributed by atoms with Gasteiger partial charge in [0.25, 0.3) is 0 Å². The molecule has 6 heteroatoms. The summed E-state index contributed by atoms with van der Waals surface area (Å²) in [5.41, 5.74) is 6.56. The second-order valence-corrected chi connectivity index (χ2v) is 2.70. The molecular formula is C10H12NNaO4. The Bertz CT molecular complexity index is 333. The van der Waals surface area contributed by atoms with Gasteiger partial charge in [-0.25, -0.2) is 4.79 Å². The molecule has 0 spiro atoms. The summed E-state index contributed by atoms with van der Waals surface area (Å²) in [6, 6.07) is 6.52. The number of carbonyl (C=O) groups excluding carboxylic acids is 1. The van der Waals surface area contributed by atoms with Gasteiger partial charge in [0, 0.05) is 12.5 Å². The fourth-order valence-corrected chi connectivity index (χ4v) is 0.783. The van der Waals surface area contributed by atoms with Crippen molar-refractivity contribution in [2.75, 3.05) is 0 Å². The maximum atomic E-state index is 10.4. The largest absolute Gasteiger partial charge is 1.00 e. The minimum absolute atomic E-state index is 0. The molecule has 0 aliphatic rings. The van der Waals surface area contributed by atoms with Gasteiger partial charge in [0.15, 0.2) is 0 Å². The number of aromatic carboxylic acids is 1. The zero-order valence-corrected chi connectivity index (χ0v) is 11.3. The van der Waals surface area contributed by atoms with E-state index in [1.54, 1.807) is 24.3 Å². The SMILES string of the molecule is CC(=O)[O-].NCc1ccc(C(=O)O)cc1.[Na+]. The molecule has 1 rings (SSSR count). The van der Waals surface area contributed by atoms with Crippen LogP contribution in [0, 0.1) is 0 Å². The molecule has 1 aromatic carbocycles. The summed E-state index contributed by atoms with van der Waals surface area (Å²) < 4.78 is 0. The first-order valence-electron chi connectivity index (χ1n) is 4.17. The number of rotatable bonds is 2. The van der Waals surface area contributed by atoms with Crippen LogP contribution >= 0.6 is 0 Å². The van der Waals surface area contributed by atoms with E-state index in [1.807, 2.05) is 0 Å². The second-order valence-electron chi connectivity index (χ2n) is 2.70. The van der Waals surface area contributed by atoms with Crippen molar-refractivity contribution >= 4 is 11.9 Å². The van der Waals surface area contributed by atoms with Crippen molar-refractivity contribution < 1.29 is 49.4 Å². The Balaban J connectivity index is 0. The summed E-state index contributed by atoms with van der Waals surface area (Å²) in [6.45, 7) is 1.42. The van der Waals surface area contributed by atoms with Crippen molar-refractivity contribution in [2.24, 2.45) is 5.73 Å². The van der Waals surface area contributed by atoms with Gasteiger partial charge >= 0.3 is 35.5 Å². The Labute approximate surface area is 116 Å². The molecule has 0 saturated carbocycles. The molecule has 0 saturated heterocycles. The van der Waals surface area contributed by atoms with E-state index in [2.05, 4.69) is 0 Å². The van der Waals surface area contributed by atoms with Crippen LogP contribution in [0.5, 0.6) is 0 Å². The third-order valence-corrected chi connectivity index (χ3v) is 1.44. The third kappa shape index (κ3) is 8.43. The first-order chi connectivity index (χ1) is 6.97. The smallest absolute Gasteiger partial charge is 0.550 e. The molecule has 0 aliphatic heterocycles. The zero-order valence-electron chi connectivity index (χ0n) is 9.27. The summed E-state index contributed by atoms with van der Waals surface area (Å²) in [5, 5.41) is 17.4. The van der Waals surface area contributed by atoms with E-state index >= 15 is 0 Å². The Morgan fingerprint density at radius 1 is 1.31 bits per heavy atom. The Hall–Kier alpha value is -0.880. The molecule has 16 heavy (non-hydrogen) atoms. The maximum Gasteiger partial charge on any atom is 1.00 e. The summed E-state index contributed by atoms with van der Waals surface area (Å²) >= 11 is 0.